The molecule has 2 heterocycles. The predicted molar refractivity (Wildman–Crippen MR) is 73.9 cm³/mol. The Morgan fingerprint density at radius 3 is 1.64 bits per heavy atom. The molecule has 1 amide bonds. The summed E-state index contributed by atoms with van der Waals surface area (Å²) in [5.41, 5.74) is 7.82. The molecule has 2 bridgehead atoms. The van der Waals surface area contributed by atoms with Crippen molar-refractivity contribution in [2.45, 2.75) is 0 Å². The number of rotatable bonds is 2. The number of carbonyl (C=O) groups is 3. The van der Waals surface area contributed by atoms with Gasteiger partial charge >= 0.3 is 29.6 Å². The van der Waals surface area contributed by atoms with Gasteiger partial charge in [0.15, 0.2) is 0 Å². The number of primary amides is 1. The third-order valence-corrected chi connectivity index (χ3v) is 2.99. The van der Waals surface area contributed by atoms with Crippen LogP contribution in [0.3, 0.4) is 0 Å². The van der Waals surface area contributed by atoms with Crippen molar-refractivity contribution < 1.29 is 49.0 Å². The average molecular weight is 306 g/mol. The second-order valence-electron chi connectivity index (χ2n) is 4.19. The number of carbonyl (C=O) groups excluding carboxylic acids is 3. The number of amides is 1. The van der Waals surface area contributed by atoms with Crippen molar-refractivity contribution in [3.8, 4) is 0 Å². The molecule has 2 aromatic heterocycles. The summed E-state index contributed by atoms with van der Waals surface area (Å²) in [6, 6.07) is 13.9. The summed E-state index contributed by atoms with van der Waals surface area (Å²) in [6.07, 6.45) is 0. The van der Waals surface area contributed by atoms with E-state index in [0.29, 0.717) is 11.1 Å². The van der Waals surface area contributed by atoms with Crippen molar-refractivity contribution >= 4 is 29.3 Å². The average Bonchev–Trinajstić information content (AvgIpc) is 3.07. The standard InChI is InChI=1S/C14H10N2O2.CH2O2.Na/c15-13(17)9-1-3-10(4-2-9)14(18)16-11-5-6-12(16)8-7-11;2-1-3;/h1-8H,(H2,15,17);1H,(H,2,3);/q;;+1/p-1. The zero-order valence-electron chi connectivity index (χ0n) is 11.9. The molecule has 3 rings (SSSR count). The van der Waals surface area contributed by atoms with Gasteiger partial charge in [0.25, 0.3) is 5.91 Å². The SMILES string of the molecule is NC(=O)c1ccc(C(=O)n2c3ccc2cc3)cc1.O=C[O-].[Na+]. The normalized spacial score (nSPS) is 9.45. The van der Waals surface area contributed by atoms with Gasteiger partial charge < -0.3 is 15.6 Å². The summed E-state index contributed by atoms with van der Waals surface area (Å²) < 4.78 is 1.64. The molecular formula is C15H11N2NaO4. The number of aromatic nitrogens is 1. The van der Waals surface area contributed by atoms with Crippen LogP contribution in [0, 0.1) is 0 Å². The van der Waals surface area contributed by atoms with E-state index in [1.165, 1.54) is 0 Å². The van der Waals surface area contributed by atoms with E-state index in [1.807, 2.05) is 24.3 Å². The topological polar surface area (TPSA) is 105 Å². The molecule has 7 heteroatoms. The van der Waals surface area contributed by atoms with E-state index < -0.39 is 12.4 Å². The minimum Gasteiger partial charge on any atom is -0.554 e. The molecule has 3 aromatic rings. The van der Waals surface area contributed by atoms with E-state index in [2.05, 4.69) is 0 Å². The van der Waals surface area contributed by atoms with Crippen molar-refractivity contribution in [1.82, 2.24) is 4.57 Å². The Morgan fingerprint density at radius 2 is 1.27 bits per heavy atom. The van der Waals surface area contributed by atoms with Gasteiger partial charge in [-0.05, 0) is 48.5 Å². The number of nitrogens with two attached hydrogens (primary N) is 1. The molecule has 0 saturated heterocycles. The van der Waals surface area contributed by atoms with Gasteiger partial charge in [0.05, 0.1) is 0 Å². The van der Waals surface area contributed by atoms with Crippen LogP contribution >= 0.6 is 0 Å². The van der Waals surface area contributed by atoms with Crippen LogP contribution in [0.1, 0.15) is 20.7 Å². The molecule has 2 N–H and O–H groups in total. The van der Waals surface area contributed by atoms with Gasteiger partial charge in [-0.1, -0.05) is 0 Å². The maximum absolute atomic E-state index is 12.3. The van der Waals surface area contributed by atoms with Crippen LogP contribution in [0.15, 0.2) is 48.5 Å². The second-order valence-corrected chi connectivity index (χ2v) is 4.19. The van der Waals surface area contributed by atoms with E-state index in [-0.39, 0.29) is 35.5 Å². The Morgan fingerprint density at radius 1 is 0.909 bits per heavy atom. The van der Waals surface area contributed by atoms with Crippen LogP contribution in [-0.2, 0) is 4.79 Å². The summed E-state index contributed by atoms with van der Waals surface area (Å²) in [7, 11) is 0. The number of carboxylic acid groups (broad SMARTS) is 1. The molecule has 6 nitrogen and oxygen atoms in total. The largest absolute Gasteiger partial charge is 1.00 e. The summed E-state index contributed by atoms with van der Waals surface area (Å²) in [5, 5.41) is 8.25. The Kier molecular flexibility index (Phi) is 6.30. The fourth-order valence-electron chi connectivity index (χ4n) is 2.04. The van der Waals surface area contributed by atoms with Crippen LogP contribution in [0.25, 0.3) is 11.0 Å². The summed E-state index contributed by atoms with van der Waals surface area (Å²) >= 11 is 0. The Labute approximate surface area is 148 Å². The van der Waals surface area contributed by atoms with Crippen LogP contribution in [0.5, 0.6) is 0 Å². The van der Waals surface area contributed by atoms with Gasteiger partial charge in [0.2, 0.25) is 5.91 Å². The first-order valence-electron chi connectivity index (χ1n) is 5.98. The first-order valence-corrected chi connectivity index (χ1v) is 5.98. The fourth-order valence-corrected chi connectivity index (χ4v) is 2.04. The molecule has 0 spiro atoms. The molecule has 0 aliphatic heterocycles. The maximum atomic E-state index is 12.3. The Bertz CT molecular complexity index is 732. The summed E-state index contributed by atoms with van der Waals surface area (Å²) in [4.78, 5) is 31.5. The quantitative estimate of drug-likeness (QED) is 0.409. The van der Waals surface area contributed by atoms with Gasteiger partial charge in [0, 0.05) is 28.6 Å². The molecule has 22 heavy (non-hydrogen) atoms. The molecule has 106 valence electrons. The van der Waals surface area contributed by atoms with Crippen molar-refractivity contribution in [1.29, 1.82) is 0 Å². The van der Waals surface area contributed by atoms with Gasteiger partial charge in [0.1, 0.15) is 0 Å². The van der Waals surface area contributed by atoms with E-state index in [1.54, 1.807) is 28.8 Å². The molecule has 0 saturated carbocycles. The zero-order chi connectivity index (χ0) is 15.4. The van der Waals surface area contributed by atoms with Crippen LogP contribution in [0.4, 0.5) is 0 Å². The minimum absolute atomic E-state index is 0. The number of hydrogen-bond acceptors (Lipinski definition) is 4. The van der Waals surface area contributed by atoms with Crippen LogP contribution in [-0.4, -0.2) is 22.9 Å². The predicted octanol–water partition coefficient (Wildman–Crippen LogP) is -2.76. The maximum Gasteiger partial charge on any atom is 1.00 e. The van der Waals surface area contributed by atoms with Gasteiger partial charge in [-0.2, -0.15) is 0 Å². The second kappa shape index (κ2) is 7.74. The molecule has 0 radical (unpaired) electrons. The molecular weight excluding hydrogens is 295 g/mol. The number of benzene rings is 2. The van der Waals surface area contributed by atoms with Crippen molar-refractivity contribution in [3.63, 3.8) is 0 Å². The molecule has 0 atom stereocenters. The number of hydrogen-bond donors (Lipinski definition) is 1. The Hall–Kier alpha value is -2.15. The van der Waals surface area contributed by atoms with Crippen molar-refractivity contribution in [2.24, 2.45) is 5.73 Å². The molecule has 0 unspecified atom stereocenters. The van der Waals surface area contributed by atoms with E-state index in [9.17, 15) is 9.59 Å². The van der Waals surface area contributed by atoms with E-state index in [0.717, 1.165) is 11.0 Å². The first kappa shape index (κ1) is 17.9. The third kappa shape index (κ3) is 3.54. The van der Waals surface area contributed by atoms with Crippen molar-refractivity contribution in [3.05, 3.63) is 59.7 Å². The van der Waals surface area contributed by atoms with Gasteiger partial charge in [-0.25, -0.2) is 0 Å². The molecule has 0 fully saturated rings. The zero-order valence-corrected chi connectivity index (χ0v) is 13.9. The first-order chi connectivity index (χ1) is 10.1. The van der Waals surface area contributed by atoms with Crippen LogP contribution in [0.2, 0.25) is 0 Å². The smallest absolute Gasteiger partial charge is 0.554 e. The van der Waals surface area contributed by atoms with E-state index in [4.69, 9.17) is 15.6 Å². The van der Waals surface area contributed by atoms with E-state index >= 15 is 0 Å². The minimum atomic E-state index is -0.500. The fraction of sp³-hybridized carbons (Fsp3) is 0. The molecule has 1 aromatic carbocycles. The van der Waals surface area contributed by atoms with Gasteiger partial charge in [-0.3, -0.25) is 14.2 Å². The third-order valence-electron chi connectivity index (χ3n) is 2.99. The van der Waals surface area contributed by atoms with Crippen LogP contribution < -0.4 is 40.4 Å². The Balaban J connectivity index is 0.000000562. The van der Waals surface area contributed by atoms with Gasteiger partial charge in [-0.15, -0.1) is 0 Å². The molecule has 0 aliphatic rings. The number of nitrogens with zero attached hydrogens (tertiary/aromatic N) is 1. The monoisotopic (exact) mass is 306 g/mol. The summed E-state index contributed by atoms with van der Waals surface area (Å²) in [6.45, 7) is -0.500. The number of fused-ring (bicyclic) bond motifs is 2. The van der Waals surface area contributed by atoms with Crippen molar-refractivity contribution in [2.75, 3.05) is 0 Å². The summed E-state index contributed by atoms with van der Waals surface area (Å²) in [5.74, 6) is -0.603. The molecule has 0 aliphatic carbocycles.